The first-order chi connectivity index (χ1) is 34.9. The summed E-state index contributed by atoms with van der Waals surface area (Å²) in [5.74, 6) is -0.437. The van der Waals surface area contributed by atoms with E-state index in [1.165, 1.54) is 53.4 Å². The predicted molar refractivity (Wildman–Crippen MR) is 276 cm³/mol. The third-order valence-corrected chi connectivity index (χ3v) is 12.6. The molecule has 3 aromatic carbocycles. The maximum Gasteiger partial charge on any atom is 0.266 e. The largest absolute Gasteiger partial charge is 0.505 e. The second kappa shape index (κ2) is 22.6. The molecule has 2 aliphatic heterocycles. The van der Waals surface area contributed by atoms with Crippen molar-refractivity contribution < 1.29 is 66.9 Å². The van der Waals surface area contributed by atoms with E-state index < -0.39 is 39.6 Å². The van der Waals surface area contributed by atoms with Crippen LogP contribution in [-0.4, -0.2) is 64.6 Å². The van der Waals surface area contributed by atoms with Gasteiger partial charge in [0.15, 0.2) is 34.6 Å². The van der Waals surface area contributed by atoms with Crippen LogP contribution in [0.25, 0.3) is 22.1 Å². The average molecular weight is 1140 g/mol. The van der Waals surface area contributed by atoms with E-state index in [1.807, 2.05) is 30.3 Å². The molecule has 9 aromatic rings. The van der Waals surface area contributed by atoms with E-state index in [0.717, 1.165) is 16.7 Å². The molecule has 3 radical (unpaired) electrons. The first-order valence-electron chi connectivity index (χ1n) is 22.9. The normalized spacial score (nSPS) is 15.7. The molecule has 77 heavy (non-hydrogen) atoms. The van der Waals surface area contributed by atoms with Crippen LogP contribution in [0, 0.1) is 32.9 Å². The van der Waals surface area contributed by atoms with Gasteiger partial charge in [0.2, 0.25) is 23.0 Å². The number of benzene rings is 3. The summed E-state index contributed by atoms with van der Waals surface area (Å²) in [6, 6.07) is 21.5. The average Bonchev–Trinajstić information content (AvgIpc) is 4.12. The van der Waals surface area contributed by atoms with Gasteiger partial charge in [0, 0.05) is 79.0 Å². The number of ether oxygens (including phenoxy) is 3. The molecule has 0 saturated carbocycles. The minimum absolute atomic E-state index is 0. The standard InChI is InChI=1S/C30H25FN4O5.C23H19FN4O5.CH4.CH3.B.Pd/c1-17(36)23-27(38-15-20-7-5-4-6-8-20)24-25-26(21(14-32-24)13-19-9-11-22(31)12-10-19)40-30(3,16-35(25)28(23)37)29-34-33-18(2)39-29;1-11(29)16-19(30)17-18-20(14(9-25-17)8-13-4-6-15(24)7-5-13)33-23(3,10-28(18)21(16)31)22-27-26-12(2)32-22;;;;/h4-12,14H,13,15-16H2,1-3H3;4-7,9,30H,8,10H2,1-3H3;1H4;1H3;;/q;;;-1;;/t30-;23-;;;;/m11..../s1. The number of carbonyl (C=O) groups is 2. The van der Waals surface area contributed by atoms with Crippen LogP contribution in [-0.2, 0) is 64.2 Å². The van der Waals surface area contributed by atoms with Crippen molar-refractivity contribution in [3.05, 3.63) is 194 Å². The fourth-order valence-electron chi connectivity index (χ4n) is 9.08. The number of aromatic hydroxyl groups is 1. The van der Waals surface area contributed by atoms with Gasteiger partial charge in [0.05, 0.1) is 13.1 Å². The summed E-state index contributed by atoms with van der Waals surface area (Å²) in [4.78, 5) is 61.3. The SMILES string of the molecule is C.CC(=O)c1c(O)c2ncc(Cc3ccc(F)cc3)c3c2n(c1=O)C[C@](C)(c1nnc(C)o1)O3.CC(=O)c1c(OCc2ccccc2)c2ncc(Cc3ccc(F)cc3)c3c2n(c1=O)C[C@](C)(c1nnc(C)o1)O3.[B].[CH3-].[Pd]. The number of halogens is 2. The number of rotatable bonds is 11. The van der Waals surface area contributed by atoms with Crippen molar-refractivity contribution in [2.24, 2.45) is 0 Å². The summed E-state index contributed by atoms with van der Waals surface area (Å²) in [6.07, 6.45) is 3.80. The monoisotopic (exact) mass is 1140 g/mol. The van der Waals surface area contributed by atoms with Crippen LogP contribution in [0.3, 0.4) is 0 Å². The first kappa shape index (κ1) is 58.1. The van der Waals surface area contributed by atoms with Gasteiger partial charge in [-0.05, 0) is 68.7 Å². The molecule has 22 heteroatoms. The van der Waals surface area contributed by atoms with Gasteiger partial charge in [-0.2, -0.15) is 0 Å². The molecule has 2 atom stereocenters. The Hall–Kier alpha value is -8.21. The Morgan fingerprint density at radius 1 is 0.662 bits per heavy atom. The van der Waals surface area contributed by atoms with Crippen molar-refractivity contribution in [1.82, 2.24) is 39.5 Å². The summed E-state index contributed by atoms with van der Waals surface area (Å²) in [6.45, 7) is 9.37. The van der Waals surface area contributed by atoms with Gasteiger partial charge < -0.3 is 35.6 Å². The zero-order chi connectivity index (χ0) is 51.5. The van der Waals surface area contributed by atoms with Crippen molar-refractivity contribution in [2.75, 3.05) is 0 Å². The number of hydrogen-bond donors (Lipinski definition) is 1. The number of aromatic nitrogens is 8. The molecule has 2 aliphatic rings. The maximum atomic E-state index is 14.0. The van der Waals surface area contributed by atoms with E-state index in [1.54, 1.807) is 58.2 Å². The molecule has 8 heterocycles. The zero-order valence-electron chi connectivity index (χ0n) is 42.0. The van der Waals surface area contributed by atoms with Crippen LogP contribution in [0.2, 0.25) is 0 Å². The van der Waals surface area contributed by atoms with Gasteiger partial charge in [-0.3, -0.25) is 38.3 Å². The molecule has 0 fully saturated rings. The van der Waals surface area contributed by atoms with Gasteiger partial charge in [-0.1, -0.05) is 62.0 Å². The number of aryl methyl sites for hydroxylation is 2. The summed E-state index contributed by atoms with van der Waals surface area (Å²) >= 11 is 0. The van der Waals surface area contributed by atoms with Crippen molar-refractivity contribution in [1.29, 1.82) is 0 Å². The molecule has 0 amide bonds. The van der Waals surface area contributed by atoms with Crippen molar-refractivity contribution in [3.63, 3.8) is 0 Å². The molecule has 1 N–H and O–H groups in total. The van der Waals surface area contributed by atoms with E-state index in [2.05, 4.69) is 30.4 Å². The van der Waals surface area contributed by atoms with Crippen LogP contribution in [0.15, 0.2) is 110 Å². The van der Waals surface area contributed by atoms with Crippen molar-refractivity contribution in [2.45, 2.75) is 92.7 Å². The van der Waals surface area contributed by atoms with Gasteiger partial charge in [-0.25, -0.2) is 8.78 Å². The molecule has 0 saturated heterocycles. The molecule has 0 aliphatic carbocycles. The summed E-state index contributed by atoms with van der Waals surface area (Å²) < 4.78 is 60.2. The molecular formula is C55H51BF2N8O10Pd-. The van der Waals surface area contributed by atoms with E-state index >= 15 is 0 Å². The van der Waals surface area contributed by atoms with Crippen LogP contribution >= 0.6 is 0 Å². The molecule has 0 bridgehead atoms. The topological polar surface area (TPSA) is 230 Å². The van der Waals surface area contributed by atoms with E-state index in [-0.39, 0.29) is 120 Å². The Morgan fingerprint density at radius 2 is 1.09 bits per heavy atom. The Morgan fingerprint density at radius 3 is 1.52 bits per heavy atom. The smallest absolute Gasteiger partial charge is 0.266 e. The number of nitrogens with zero attached hydrogens (tertiary/aromatic N) is 8. The third kappa shape index (κ3) is 10.8. The first-order valence-corrected chi connectivity index (χ1v) is 22.9. The van der Waals surface area contributed by atoms with Gasteiger partial charge in [0.1, 0.15) is 51.4 Å². The third-order valence-electron chi connectivity index (χ3n) is 12.6. The molecule has 18 nitrogen and oxygen atoms in total. The maximum absolute atomic E-state index is 14.0. The number of carbonyl (C=O) groups excluding carboxylic acids is 2. The van der Waals surface area contributed by atoms with Crippen LogP contribution < -0.4 is 25.3 Å². The van der Waals surface area contributed by atoms with E-state index in [9.17, 15) is 33.1 Å². The number of pyridine rings is 4. The summed E-state index contributed by atoms with van der Waals surface area (Å²) in [5, 5.41) is 26.7. The summed E-state index contributed by atoms with van der Waals surface area (Å²) in [5.41, 5.74) is 0.678. The van der Waals surface area contributed by atoms with E-state index in [0.29, 0.717) is 52.5 Å². The second-order valence-corrected chi connectivity index (χ2v) is 18.2. The fourth-order valence-corrected chi connectivity index (χ4v) is 9.08. The molecule has 6 aromatic heterocycles. The zero-order valence-corrected chi connectivity index (χ0v) is 43.6. The van der Waals surface area contributed by atoms with Crippen molar-refractivity contribution >= 4 is 42.0 Å². The second-order valence-electron chi connectivity index (χ2n) is 18.2. The van der Waals surface area contributed by atoms with Crippen LogP contribution in [0.4, 0.5) is 8.78 Å². The van der Waals surface area contributed by atoms with Crippen molar-refractivity contribution in [3.8, 4) is 23.0 Å². The summed E-state index contributed by atoms with van der Waals surface area (Å²) in [7, 11) is 0. The molecule has 0 spiro atoms. The molecular weight excluding hydrogens is 1090 g/mol. The van der Waals surface area contributed by atoms with Gasteiger partial charge >= 0.3 is 0 Å². The number of ketones is 2. The number of Topliss-reactive ketones (excluding diaryl/α,β-unsaturated/α-hetero) is 2. The van der Waals surface area contributed by atoms with E-state index in [4.69, 9.17) is 23.0 Å². The quantitative estimate of drug-likeness (QED) is 0.0726. The molecule has 0 unspecified atom stereocenters. The Kier molecular flexibility index (Phi) is 17.0. The fraction of sp³-hybridized carbons (Fsp3) is 0.255. The van der Waals surface area contributed by atoms with Crippen LogP contribution in [0.5, 0.6) is 23.0 Å². The number of hydrogen-bond acceptors (Lipinski definition) is 16. The minimum atomic E-state index is -1.23. The Bertz CT molecular complexity index is 3820. The van der Waals surface area contributed by atoms with Crippen LogP contribution in [0.1, 0.15) is 107 Å². The van der Waals surface area contributed by atoms with Gasteiger partial charge in [0.25, 0.3) is 22.9 Å². The minimum Gasteiger partial charge on any atom is -0.505 e. The predicted octanol–water partition coefficient (Wildman–Crippen LogP) is 8.64. The van der Waals surface area contributed by atoms with Gasteiger partial charge in [-0.15, -0.1) is 20.4 Å². The Balaban J connectivity index is 0.000000241. The molecule has 399 valence electrons. The Labute approximate surface area is 455 Å². The molecule has 11 rings (SSSR count).